The Balaban J connectivity index is 2.43. The minimum atomic E-state index is -0.963. The van der Waals surface area contributed by atoms with E-state index in [0.29, 0.717) is 5.13 Å². The lowest BCUT2D eigenvalue weighted by Gasteiger charge is -2.08. The van der Waals surface area contributed by atoms with Gasteiger partial charge in [-0.15, -0.1) is 11.3 Å². The molecule has 0 radical (unpaired) electrons. The number of aromatic carboxylic acids is 1. The highest BCUT2D eigenvalue weighted by molar-refractivity contribution is 7.15. The van der Waals surface area contributed by atoms with Gasteiger partial charge in [0, 0.05) is 11.4 Å². The van der Waals surface area contributed by atoms with Gasteiger partial charge in [-0.2, -0.15) is 0 Å². The Labute approximate surface area is 99.1 Å². The fourth-order valence-corrected chi connectivity index (χ4v) is 2.09. The SMILES string of the molecule is Cc1sc(NCCCN(C)C)nc1C(=O)O. The summed E-state index contributed by atoms with van der Waals surface area (Å²) in [5.41, 5.74) is 0.153. The fraction of sp³-hybridized carbons (Fsp3) is 0.600. The molecule has 0 fully saturated rings. The molecule has 0 aliphatic rings. The molecule has 0 bridgehead atoms. The molecule has 1 heterocycles. The van der Waals surface area contributed by atoms with Crippen LogP contribution >= 0.6 is 11.3 Å². The molecule has 0 saturated carbocycles. The Morgan fingerprint density at radius 1 is 1.56 bits per heavy atom. The van der Waals surface area contributed by atoms with Crippen LogP contribution in [0.3, 0.4) is 0 Å². The van der Waals surface area contributed by atoms with E-state index in [1.54, 1.807) is 6.92 Å². The Kier molecular flexibility index (Phi) is 4.70. The molecule has 0 saturated heterocycles. The summed E-state index contributed by atoms with van der Waals surface area (Å²) in [6.45, 7) is 3.58. The van der Waals surface area contributed by atoms with Crippen molar-refractivity contribution in [1.82, 2.24) is 9.88 Å². The molecule has 0 aromatic carbocycles. The van der Waals surface area contributed by atoms with E-state index in [1.165, 1.54) is 11.3 Å². The van der Waals surface area contributed by atoms with Crippen LogP contribution in [0.1, 0.15) is 21.8 Å². The van der Waals surface area contributed by atoms with Gasteiger partial charge in [0.15, 0.2) is 10.8 Å². The lowest BCUT2D eigenvalue weighted by Crippen LogP contribution is -2.16. The molecule has 2 N–H and O–H groups in total. The van der Waals surface area contributed by atoms with Gasteiger partial charge in [-0.25, -0.2) is 9.78 Å². The molecule has 0 aliphatic carbocycles. The van der Waals surface area contributed by atoms with Gasteiger partial charge >= 0.3 is 5.97 Å². The molecule has 16 heavy (non-hydrogen) atoms. The number of anilines is 1. The average Bonchev–Trinajstić information content (AvgIpc) is 2.54. The zero-order chi connectivity index (χ0) is 12.1. The van der Waals surface area contributed by atoms with Crippen molar-refractivity contribution in [2.45, 2.75) is 13.3 Å². The summed E-state index contributed by atoms with van der Waals surface area (Å²) in [5.74, 6) is -0.963. The van der Waals surface area contributed by atoms with Gasteiger partial charge < -0.3 is 15.3 Å². The number of aryl methyl sites for hydroxylation is 1. The van der Waals surface area contributed by atoms with Gasteiger partial charge in [-0.3, -0.25) is 0 Å². The maximum Gasteiger partial charge on any atom is 0.355 e. The normalized spacial score (nSPS) is 10.8. The van der Waals surface area contributed by atoms with Crippen LogP contribution in [-0.2, 0) is 0 Å². The highest BCUT2D eigenvalue weighted by Crippen LogP contribution is 2.21. The molecule has 1 aromatic heterocycles. The van der Waals surface area contributed by atoms with E-state index < -0.39 is 5.97 Å². The van der Waals surface area contributed by atoms with Gasteiger partial charge in [0.2, 0.25) is 0 Å². The number of carboxylic acid groups (broad SMARTS) is 1. The molecular weight excluding hydrogens is 226 g/mol. The summed E-state index contributed by atoms with van der Waals surface area (Å²) in [5, 5.41) is 12.7. The van der Waals surface area contributed by atoms with Gasteiger partial charge in [0.05, 0.1) is 0 Å². The second-order valence-corrected chi connectivity index (χ2v) is 5.02. The first-order valence-corrected chi connectivity index (χ1v) is 5.91. The van der Waals surface area contributed by atoms with E-state index in [-0.39, 0.29) is 5.69 Å². The third-order valence-electron chi connectivity index (χ3n) is 2.06. The van der Waals surface area contributed by atoms with Crippen molar-refractivity contribution in [3.05, 3.63) is 10.6 Å². The first kappa shape index (κ1) is 12.9. The van der Waals surface area contributed by atoms with Crippen molar-refractivity contribution in [3.8, 4) is 0 Å². The van der Waals surface area contributed by atoms with Gasteiger partial charge in [-0.1, -0.05) is 0 Å². The van der Waals surface area contributed by atoms with Crippen molar-refractivity contribution >= 4 is 22.4 Å². The van der Waals surface area contributed by atoms with Crippen molar-refractivity contribution in [2.24, 2.45) is 0 Å². The predicted octanol–water partition coefficient (Wildman–Crippen LogP) is 1.51. The van der Waals surface area contributed by atoms with Crippen LogP contribution in [0.15, 0.2) is 0 Å². The smallest absolute Gasteiger partial charge is 0.355 e. The molecule has 6 heteroatoms. The van der Waals surface area contributed by atoms with E-state index in [9.17, 15) is 4.79 Å². The lowest BCUT2D eigenvalue weighted by molar-refractivity contribution is 0.0690. The van der Waals surface area contributed by atoms with Crippen LogP contribution < -0.4 is 5.32 Å². The molecular formula is C10H17N3O2S. The molecule has 0 amide bonds. The maximum atomic E-state index is 10.8. The number of carboxylic acids is 1. The van der Waals surface area contributed by atoms with Crippen LogP contribution in [0.2, 0.25) is 0 Å². The number of aromatic nitrogens is 1. The predicted molar refractivity (Wildman–Crippen MR) is 65.5 cm³/mol. The Morgan fingerprint density at radius 3 is 2.75 bits per heavy atom. The number of hydrogen-bond donors (Lipinski definition) is 2. The summed E-state index contributed by atoms with van der Waals surface area (Å²) < 4.78 is 0. The molecule has 1 rings (SSSR count). The first-order valence-electron chi connectivity index (χ1n) is 5.10. The van der Waals surface area contributed by atoms with Crippen molar-refractivity contribution in [2.75, 3.05) is 32.5 Å². The summed E-state index contributed by atoms with van der Waals surface area (Å²) in [6.07, 6.45) is 1.01. The summed E-state index contributed by atoms with van der Waals surface area (Å²) in [4.78, 5) is 17.6. The minimum absolute atomic E-state index is 0.153. The second-order valence-electron chi connectivity index (χ2n) is 3.81. The summed E-state index contributed by atoms with van der Waals surface area (Å²) >= 11 is 1.38. The van der Waals surface area contributed by atoms with Gasteiger partial charge in [0.25, 0.3) is 0 Å². The Bertz CT molecular complexity index is 363. The third kappa shape index (κ3) is 3.79. The maximum absolute atomic E-state index is 10.8. The van der Waals surface area contributed by atoms with Crippen LogP contribution in [-0.4, -0.2) is 48.1 Å². The zero-order valence-electron chi connectivity index (χ0n) is 9.78. The van der Waals surface area contributed by atoms with Crippen LogP contribution in [0, 0.1) is 6.92 Å². The van der Waals surface area contributed by atoms with Crippen LogP contribution in [0.4, 0.5) is 5.13 Å². The van der Waals surface area contributed by atoms with E-state index in [4.69, 9.17) is 5.11 Å². The van der Waals surface area contributed by atoms with Crippen LogP contribution in [0.5, 0.6) is 0 Å². The minimum Gasteiger partial charge on any atom is -0.476 e. The van der Waals surface area contributed by atoms with E-state index in [2.05, 4.69) is 15.2 Å². The number of nitrogens with zero attached hydrogens (tertiary/aromatic N) is 2. The molecule has 1 aromatic rings. The zero-order valence-corrected chi connectivity index (χ0v) is 10.6. The molecule has 0 aliphatic heterocycles. The highest BCUT2D eigenvalue weighted by atomic mass is 32.1. The first-order chi connectivity index (χ1) is 7.50. The standard InChI is InChI=1S/C10H17N3O2S/c1-7-8(9(14)15)12-10(16-7)11-5-4-6-13(2)3/h4-6H2,1-3H3,(H,11,12)(H,14,15). The van der Waals surface area contributed by atoms with Crippen molar-refractivity contribution < 1.29 is 9.90 Å². The van der Waals surface area contributed by atoms with E-state index in [1.807, 2.05) is 14.1 Å². The molecule has 5 nitrogen and oxygen atoms in total. The number of rotatable bonds is 6. The van der Waals surface area contributed by atoms with Crippen molar-refractivity contribution in [3.63, 3.8) is 0 Å². The molecule has 90 valence electrons. The Hall–Kier alpha value is -1.14. The number of nitrogens with one attached hydrogen (secondary N) is 1. The summed E-state index contributed by atoms with van der Waals surface area (Å²) in [6, 6.07) is 0. The number of thiazole rings is 1. The van der Waals surface area contributed by atoms with Gasteiger partial charge in [-0.05, 0) is 34.0 Å². The van der Waals surface area contributed by atoms with Gasteiger partial charge in [0.1, 0.15) is 0 Å². The lowest BCUT2D eigenvalue weighted by atomic mass is 10.4. The quantitative estimate of drug-likeness (QED) is 0.741. The van der Waals surface area contributed by atoms with Crippen LogP contribution in [0.25, 0.3) is 0 Å². The molecule has 0 atom stereocenters. The van der Waals surface area contributed by atoms with Crippen molar-refractivity contribution in [1.29, 1.82) is 0 Å². The van der Waals surface area contributed by atoms with E-state index in [0.717, 1.165) is 24.4 Å². The number of hydrogen-bond acceptors (Lipinski definition) is 5. The van der Waals surface area contributed by atoms with E-state index >= 15 is 0 Å². The largest absolute Gasteiger partial charge is 0.476 e. The topological polar surface area (TPSA) is 65.5 Å². The third-order valence-corrected chi connectivity index (χ3v) is 2.99. The molecule has 0 unspecified atom stereocenters. The molecule has 0 spiro atoms. The fourth-order valence-electron chi connectivity index (χ4n) is 1.26. The monoisotopic (exact) mass is 243 g/mol. The summed E-state index contributed by atoms with van der Waals surface area (Å²) in [7, 11) is 4.05. The Morgan fingerprint density at radius 2 is 2.25 bits per heavy atom. The highest BCUT2D eigenvalue weighted by Gasteiger charge is 2.13. The number of carbonyl (C=O) groups is 1. The second kappa shape index (κ2) is 5.81. The average molecular weight is 243 g/mol.